The van der Waals surface area contributed by atoms with Crippen molar-refractivity contribution in [2.75, 3.05) is 60.2 Å². The molecule has 28 heavy (non-hydrogen) atoms. The molecular formula is C20H33IN4O3. The van der Waals surface area contributed by atoms with Gasteiger partial charge in [-0.15, -0.1) is 24.0 Å². The van der Waals surface area contributed by atoms with E-state index >= 15 is 0 Å². The molecule has 1 aromatic rings. The second kappa shape index (κ2) is 11.7. The fraction of sp³-hybridized carbons (Fsp3) is 0.650. The van der Waals surface area contributed by atoms with E-state index in [0.29, 0.717) is 12.6 Å². The van der Waals surface area contributed by atoms with Gasteiger partial charge in [0.15, 0.2) is 17.5 Å². The summed E-state index contributed by atoms with van der Waals surface area (Å²) in [5, 5.41) is 3.45. The Morgan fingerprint density at radius 1 is 1.21 bits per heavy atom. The summed E-state index contributed by atoms with van der Waals surface area (Å²) in [5.41, 5.74) is 1.02. The van der Waals surface area contributed by atoms with Gasteiger partial charge >= 0.3 is 0 Å². The van der Waals surface area contributed by atoms with Gasteiger partial charge in [-0.3, -0.25) is 4.90 Å². The van der Waals surface area contributed by atoms with Gasteiger partial charge < -0.3 is 24.4 Å². The van der Waals surface area contributed by atoms with Gasteiger partial charge in [0.1, 0.15) is 0 Å². The second-order valence-electron chi connectivity index (χ2n) is 6.86. The third-order valence-corrected chi connectivity index (χ3v) is 5.24. The Morgan fingerprint density at radius 2 is 2.00 bits per heavy atom. The molecule has 158 valence electrons. The second-order valence-corrected chi connectivity index (χ2v) is 6.86. The Bertz CT molecular complexity index is 638. The minimum absolute atomic E-state index is 0. The lowest BCUT2D eigenvalue weighted by atomic mass is 10.2. The smallest absolute Gasteiger partial charge is 0.194 e. The molecule has 0 saturated carbocycles. The summed E-state index contributed by atoms with van der Waals surface area (Å²) in [5.74, 6) is 2.47. The molecule has 2 aliphatic heterocycles. The van der Waals surface area contributed by atoms with E-state index in [1.165, 1.54) is 6.42 Å². The maximum atomic E-state index is 5.53. The number of hydrogen-bond acceptors (Lipinski definition) is 5. The van der Waals surface area contributed by atoms with Crippen LogP contribution in [0.2, 0.25) is 0 Å². The Kier molecular flexibility index (Phi) is 9.60. The normalized spacial score (nSPS) is 20.6. The molecule has 7 nitrogen and oxygen atoms in total. The Balaban J connectivity index is 0.00000280. The highest BCUT2D eigenvalue weighted by Crippen LogP contribution is 2.31. The number of nitrogens with one attached hydrogen (secondary N) is 1. The predicted octanol–water partition coefficient (Wildman–Crippen LogP) is 2.19. The van der Waals surface area contributed by atoms with Crippen molar-refractivity contribution in [3.63, 3.8) is 0 Å². The monoisotopic (exact) mass is 504 g/mol. The first-order valence-corrected chi connectivity index (χ1v) is 9.81. The standard InChI is InChI=1S/C20H32N4O3.HI/c1-4-21-20(22-14-16-6-5-7-18(25-2)19(16)26-3)24-9-8-17(15-24)23-10-12-27-13-11-23;/h5-7,17H,4,8-15H2,1-3H3,(H,21,22);1H. The Labute approximate surface area is 185 Å². The van der Waals surface area contributed by atoms with Crippen LogP contribution >= 0.6 is 24.0 Å². The third kappa shape index (κ3) is 5.64. The highest BCUT2D eigenvalue weighted by molar-refractivity contribution is 14.0. The van der Waals surface area contributed by atoms with E-state index in [9.17, 15) is 0 Å². The van der Waals surface area contributed by atoms with Crippen molar-refractivity contribution in [3.05, 3.63) is 23.8 Å². The summed E-state index contributed by atoms with van der Waals surface area (Å²) in [6.45, 7) is 9.33. The molecule has 1 aromatic carbocycles. The van der Waals surface area contributed by atoms with Gasteiger partial charge in [0, 0.05) is 44.3 Å². The van der Waals surface area contributed by atoms with Crippen LogP contribution in [-0.4, -0.2) is 82.0 Å². The molecule has 0 aromatic heterocycles. The summed E-state index contributed by atoms with van der Waals surface area (Å²) in [7, 11) is 3.33. The summed E-state index contributed by atoms with van der Waals surface area (Å²) in [4.78, 5) is 9.81. The maximum absolute atomic E-state index is 5.53. The van der Waals surface area contributed by atoms with E-state index in [2.05, 4.69) is 22.0 Å². The lowest BCUT2D eigenvalue weighted by molar-refractivity contribution is 0.0195. The number of ether oxygens (including phenoxy) is 3. The van der Waals surface area contributed by atoms with Crippen LogP contribution < -0.4 is 14.8 Å². The molecule has 0 aliphatic carbocycles. The number of halogens is 1. The minimum Gasteiger partial charge on any atom is -0.493 e. The van der Waals surface area contributed by atoms with Crippen molar-refractivity contribution in [3.8, 4) is 11.5 Å². The fourth-order valence-corrected chi connectivity index (χ4v) is 3.84. The number of likely N-dealkylation sites (tertiary alicyclic amines) is 1. The van der Waals surface area contributed by atoms with E-state index in [-0.39, 0.29) is 24.0 Å². The van der Waals surface area contributed by atoms with Crippen LogP contribution in [-0.2, 0) is 11.3 Å². The zero-order valence-corrected chi connectivity index (χ0v) is 19.5. The van der Waals surface area contributed by atoms with E-state index in [1.807, 2.05) is 18.2 Å². The molecule has 0 radical (unpaired) electrons. The zero-order valence-electron chi connectivity index (χ0n) is 17.1. The van der Waals surface area contributed by atoms with Gasteiger partial charge in [-0.2, -0.15) is 0 Å². The van der Waals surface area contributed by atoms with Gasteiger partial charge in [0.05, 0.1) is 34.0 Å². The molecule has 2 fully saturated rings. The molecular weight excluding hydrogens is 471 g/mol. The molecule has 1 N–H and O–H groups in total. The van der Waals surface area contributed by atoms with E-state index < -0.39 is 0 Å². The number of morpholine rings is 1. The maximum Gasteiger partial charge on any atom is 0.194 e. The van der Waals surface area contributed by atoms with E-state index in [0.717, 1.165) is 69.0 Å². The molecule has 2 heterocycles. The van der Waals surface area contributed by atoms with Gasteiger partial charge in [-0.1, -0.05) is 12.1 Å². The van der Waals surface area contributed by atoms with Crippen LogP contribution in [0.1, 0.15) is 18.9 Å². The summed E-state index contributed by atoms with van der Waals surface area (Å²) in [6, 6.07) is 6.51. The number of para-hydroxylation sites is 1. The number of hydrogen-bond donors (Lipinski definition) is 1. The number of aliphatic imine (C=N–C) groups is 1. The topological polar surface area (TPSA) is 58.6 Å². The minimum atomic E-state index is 0. The van der Waals surface area contributed by atoms with Crippen molar-refractivity contribution >= 4 is 29.9 Å². The first-order valence-electron chi connectivity index (χ1n) is 9.81. The van der Waals surface area contributed by atoms with Crippen LogP contribution in [0.4, 0.5) is 0 Å². The number of methoxy groups -OCH3 is 2. The molecule has 0 spiro atoms. The fourth-order valence-electron chi connectivity index (χ4n) is 3.84. The first kappa shape index (κ1) is 23.0. The largest absolute Gasteiger partial charge is 0.493 e. The summed E-state index contributed by atoms with van der Waals surface area (Å²) in [6.07, 6.45) is 1.17. The molecule has 2 aliphatic rings. The molecule has 1 atom stereocenters. The SMILES string of the molecule is CCNC(=NCc1cccc(OC)c1OC)N1CCC(N2CCOCC2)C1.I. The molecule has 3 rings (SSSR count). The van der Waals surface area contributed by atoms with Crippen LogP contribution in [0.15, 0.2) is 23.2 Å². The van der Waals surface area contributed by atoms with Crippen molar-refractivity contribution in [2.45, 2.75) is 25.9 Å². The van der Waals surface area contributed by atoms with Crippen LogP contribution in [0.3, 0.4) is 0 Å². The average molecular weight is 504 g/mol. The van der Waals surface area contributed by atoms with Gasteiger partial charge in [-0.25, -0.2) is 4.99 Å². The van der Waals surface area contributed by atoms with Gasteiger partial charge in [-0.05, 0) is 19.4 Å². The third-order valence-electron chi connectivity index (χ3n) is 5.24. The first-order chi connectivity index (χ1) is 13.3. The lowest BCUT2D eigenvalue weighted by Crippen LogP contribution is -2.46. The molecule has 0 amide bonds. The van der Waals surface area contributed by atoms with Crippen molar-refractivity contribution in [1.82, 2.24) is 15.1 Å². The number of guanidine groups is 1. The highest BCUT2D eigenvalue weighted by Gasteiger charge is 2.30. The molecule has 1 unspecified atom stereocenters. The highest BCUT2D eigenvalue weighted by atomic mass is 127. The molecule has 8 heteroatoms. The average Bonchev–Trinajstić information content (AvgIpc) is 3.21. The Hall–Kier alpha value is -1.26. The summed E-state index contributed by atoms with van der Waals surface area (Å²) >= 11 is 0. The van der Waals surface area contributed by atoms with Crippen LogP contribution in [0.25, 0.3) is 0 Å². The lowest BCUT2D eigenvalue weighted by Gasteiger charge is -2.32. The summed E-state index contributed by atoms with van der Waals surface area (Å²) < 4.78 is 16.4. The van der Waals surface area contributed by atoms with E-state index in [1.54, 1.807) is 14.2 Å². The molecule has 0 bridgehead atoms. The van der Waals surface area contributed by atoms with E-state index in [4.69, 9.17) is 19.2 Å². The van der Waals surface area contributed by atoms with Crippen molar-refractivity contribution in [1.29, 1.82) is 0 Å². The van der Waals surface area contributed by atoms with Gasteiger partial charge in [0.25, 0.3) is 0 Å². The number of rotatable bonds is 6. The van der Waals surface area contributed by atoms with Crippen LogP contribution in [0.5, 0.6) is 11.5 Å². The zero-order chi connectivity index (χ0) is 19.1. The van der Waals surface area contributed by atoms with Crippen molar-refractivity contribution < 1.29 is 14.2 Å². The Morgan fingerprint density at radius 3 is 2.68 bits per heavy atom. The van der Waals surface area contributed by atoms with Crippen LogP contribution in [0, 0.1) is 0 Å². The quantitative estimate of drug-likeness (QED) is 0.364. The van der Waals surface area contributed by atoms with Gasteiger partial charge in [0.2, 0.25) is 0 Å². The predicted molar refractivity (Wildman–Crippen MR) is 122 cm³/mol. The van der Waals surface area contributed by atoms with Crippen molar-refractivity contribution in [2.24, 2.45) is 4.99 Å². The molecule has 2 saturated heterocycles. The number of benzene rings is 1. The number of nitrogens with zero attached hydrogens (tertiary/aromatic N) is 3.